The highest BCUT2D eigenvalue weighted by Gasteiger charge is 1.97. The fraction of sp³-hybridized carbons (Fsp3) is 0.167. The van der Waals surface area contributed by atoms with Crippen LogP contribution in [0.4, 0.5) is 0 Å². The van der Waals surface area contributed by atoms with Crippen LogP contribution in [-0.4, -0.2) is 6.41 Å². The minimum atomic E-state index is 0.613. The summed E-state index contributed by atoms with van der Waals surface area (Å²) in [5, 5.41) is 4.57. The van der Waals surface area contributed by atoms with Crippen molar-refractivity contribution in [3.63, 3.8) is 0 Å². The van der Waals surface area contributed by atoms with Crippen molar-refractivity contribution in [2.24, 2.45) is 0 Å². The van der Waals surface area contributed by atoms with Crippen molar-refractivity contribution in [3.8, 4) is 0 Å². The van der Waals surface area contributed by atoms with Crippen LogP contribution >= 0.6 is 27.3 Å². The summed E-state index contributed by atoms with van der Waals surface area (Å²) < 4.78 is 1.06. The van der Waals surface area contributed by atoms with Crippen LogP contribution in [0.2, 0.25) is 0 Å². The minimum Gasteiger partial charge on any atom is -0.354 e. The Morgan fingerprint density at radius 1 is 1.80 bits per heavy atom. The SMILES string of the molecule is O=CNCc1sccc1Br. The quantitative estimate of drug-likeness (QED) is 0.772. The number of hydrogen-bond donors (Lipinski definition) is 1. The number of carbonyl (C=O) groups is 1. The average molecular weight is 220 g/mol. The maximum atomic E-state index is 9.89. The Labute approximate surface area is 71.4 Å². The molecule has 0 saturated heterocycles. The van der Waals surface area contributed by atoms with Crippen LogP contribution in [0, 0.1) is 0 Å². The highest BCUT2D eigenvalue weighted by molar-refractivity contribution is 9.10. The largest absolute Gasteiger partial charge is 0.354 e. The van der Waals surface area contributed by atoms with E-state index in [0.29, 0.717) is 13.0 Å². The number of carbonyl (C=O) groups excluding carboxylic acids is 1. The third-order valence-corrected chi connectivity index (χ3v) is 2.96. The molecule has 1 aromatic rings. The summed E-state index contributed by atoms with van der Waals surface area (Å²) in [5.74, 6) is 0. The number of amides is 1. The third-order valence-electron chi connectivity index (χ3n) is 1.04. The fourth-order valence-corrected chi connectivity index (χ4v) is 2.03. The molecule has 1 N–H and O–H groups in total. The summed E-state index contributed by atoms with van der Waals surface area (Å²) in [6.07, 6.45) is 0.701. The normalized spacial score (nSPS) is 9.30. The van der Waals surface area contributed by atoms with Crippen LogP contribution in [0.3, 0.4) is 0 Å². The van der Waals surface area contributed by atoms with Crippen LogP contribution < -0.4 is 5.32 Å². The van der Waals surface area contributed by atoms with Crippen molar-refractivity contribution < 1.29 is 4.79 Å². The molecule has 1 heterocycles. The molecule has 0 radical (unpaired) electrons. The molecular formula is C6H6BrNOS. The van der Waals surface area contributed by atoms with Gasteiger partial charge in [0.25, 0.3) is 0 Å². The van der Waals surface area contributed by atoms with Gasteiger partial charge in [0.2, 0.25) is 6.41 Å². The van der Waals surface area contributed by atoms with Crippen LogP contribution in [0.15, 0.2) is 15.9 Å². The summed E-state index contributed by atoms with van der Waals surface area (Å²) in [6.45, 7) is 0.613. The van der Waals surface area contributed by atoms with E-state index in [2.05, 4.69) is 21.2 Å². The van der Waals surface area contributed by atoms with Crippen molar-refractivity contribution >= 4 is 33.7 Å². The first-order valence-electron chi connectivity index (χ1n) is 2.73. The van der Waals surface area contributed by atoms with Crippen molar-refractivity contribution in [1.82, 2.24) is 5.32 Å². The molecular weight excluding hydrogens is 214 g/mol. The second-order valence-corrected chi connectivity index (χ2v) is 3.55. The van der Waals surface area contributed by atoms with E-state index in [1.54, 1.807) is 11.3 Å². The summed E-state index contributed by atoms with van der Waals surface area (Å²) in [4.78, 5) is 11.0. The van der Waals surface area contributed by atoms with Crippen LogP contribution in [0.5, 0.6) is 0 Å². The molecule has 0 fully saturated rings. The molecule has 0 unspecified atom stereocenters. The molecule has 0 aliphatic heterocycles. The molecule has 0 saturated carbocycles. The van der Waals surface area contributed by atoms with Gasteiger partial charge in [0, 0.05) is 9.35 Å². The lowest BCUT2D eigenvalue weighted by atomic mass is 10.5. The first kappa shape index (κ1) is 7.75. The van der Waals surface area contributed by atoms with Crippen LogP contribution in [0.25, 0.3) is 0 Å². The smallest absolute Gasteiger partial charge is 0.207 e. The van der Waals surface area contributed by atoms with E-state index in [4.69, 9.17) is 0 Å². The zero-order chi connectivity index (χ0) is 7.40. The lowest BCUT2D eigenvalue weighted by Crippen LogP contribution is -2.08. The van der Waals surface area contributed by atoms with Gasteiger partial charge in [-0.3, -0.25) is 4.79 Å². The van der Waals surface area contributed by atoms with Gasteiger partial charge < -0.3 is 5.32 Å². The Kier molecular flexibility index (Phi) is 2.89. The standard InChI is InChI=1S/C6H6BrNOS/c7-5-1-2-10-6(5)3-8-4-9/h1-2,4H,3H2,(H,8,9). The number of hydrogen-bond acceptors (Lipinski definition) is 2. The number of rotatable bonds is 3. The van der Waals surface area contributed by atoms with Gasteiger partial charge >= 0.3 is 0 Å². The van der Waals surface area contributed by atoms with Crippen LogP contribution in [0.1, 0.15) is 4.88 Å². The molecule has 0 aliphatic carbocycles. The highest BCUT2D eigenvalue weighted by Crippen LogP contribution is 2.21. The van der Waals surface area contributed by atoms with Gasteiger partial charge in [-0.05, 0) is 27.4 Å². The van der Waals surface area contributed by atoms with E-state index in [0.717, 1.165) is 9.35 Å². The first-order valence-corrected chi connectivity index (χ1v) is 4.40. The molecule has 2 nitrogen and oxygen atoms in total. The molecule has 4 heteroatoms. The lowest BCUT2D eigenvalue weighted by Gasteiger charge is -1.93. The molecule has 0 aromatic carbocycles. The Bertz CT molecular complexity index is 223. The Balaban J connectivity index is 2.56. The molecule has 0 bridgehead atoms. The van der Waals surface area contributed by atoms with Crippen molar-refractivity contribution in [2.75, 3.05) is 0 Å². The second kappa shape index (κ2) is 3.73. The van der Waals surface area contributed by atoms with E-state index >= 15 is 0 Å². The minimum absolute atomic E-state index is 0.613. The number of halogens is 1. The predicted octanol–water partition coefficient (Wildman–Crippen LogP) is 1.76. The fourth-order valence-electron chi connectivity index (χ4n) is 0.586. The third kappa shape index (κ3) is 1.82. The summed E-state index contributed by atoms with van der Waals surface area (Å²) in [6, 6.07) is 1.96. The second-order valence-electron chi connectivity index (χ2n) is 1.69. The Morgan fingerprint density at radius 3 is 3.10 bits per heavy atom. The summed E-state index contributed by atoms with van der Waals surface area (Å²) in [5.41, 5.74) is 0. The van der Waals surface area contributed by atoms with Gasteiger partial charge in [-0.15, -0.1) is 11.3 Å². The average Bonchev–Trinajstić information content (AvgIpc) is 2.31. The molecule has 10 heavy (non-hydrogen) atoms. The van der Waals surface area contributed by atoms with Gasteiger partial charge in [0.1, 0.15) is 0 Å². The Hall–Kier alpha value is -0.350. The highest BCUT2D eigenvalue weighted by atomic mass is 79.9. The maximum absolute atomic E-state index is 9.89. The van der Waals surface area contributed by atoms with E-state index < -0.39 is 0 Å². The van der Waals surface area contributed by atoms with Gasteiger partial charge in [0.15, 0.2) is 0 Å². The van der Waals surface area contributed by atoms with E-state index in [1.807, 2.05) is 11.4 Å². The van der Waals surface area contributed by atoms with Crippen molar-refractivity contribution in [2.45, 2.75) is 6.54 Å². The summed E-state index contributed by atoms with van der Waals surface area (Å²) >= 11 is 4.97. The monoisotopic (exact) mass is 219 g/mol. The molecule has 0 spiro atoms. The summed E-state index contributed by atoms with van der Waals surface area (Å²) in [7, 11) is 0. The zero-order valence-electron chi connectivity index (χ0n) is 5.13. The number of thiophene rings is 1. The molecule has 54 valence electrons. The van der Waals surface area contributed by atoms with E-state index in [1.165, 1.54) is 0 Å². The molecule has 1 rings (SSSR count). The zero-order valence-corrected chi connectivity index (χ0v) is 7.54. The topological polar surface area (TPSA) is 29.1 Å². The lowest BCUT2D eigenvalue weighted by molar-refractivity contribution is -0.109. The Morgan fingerprint density at radius 2 is 2.60 bits per heavy atom. The van der Waals surface area contributed by atoms with E-state index in [-0.39, 0.29) is 0 Å². The van der Waals surface area contributed by atoms with E-state index in [9.17, 15) is 4.79 Å². The number of nitrogens with one attached hydrogen (secondary N) is 1. The van der Waals surface area contributed by atoms with Crippen molar-refractivity contribution in [1.29, 1.82) is 0 Å². The first-order chi connectivity index (χ1) is 4.84. The molecule has 1 aromatic heterocycles. The van der Waals surface area contributed by atoms with Gasteiger partial charge in [-0.1, -0.05) is 0 Å². The van der Waals surface area contributed by atoms with Crippen molar-refractivity contribution in [3.05, 3.63) is 20.8 Å². The molecule has 1 amide bonds. The molecule has 0 aliphatic rings. The van der Waals surface area contributed by atoms with Crippen LogP contribution in [-0.2, 0) is 11.3 Å². The molecule has 0 atom stereocenters. The van der Waals surface area contributed by atoms with Gasteiger partial charge in [-0.25, -0.2) is 0 Å². The maximum Gasteiger partial charge on any atom is 0.207 e. The predicted molar refractivity (Wildman–Crippen MR) is 44.9 cm³/mol. The van der Waals surface area contributed by atoms with Gasteiger partial charge in [-0.2, -0.15) is 0 Å². The van der Waals surface area contributed by atoms with Gasteiger partial charge in [0.05, 0.1) is 6.54 Å².